The topological polar surface area (TPSA) is 23.8 Å². The summed E-state index contributed by atoms with van der Waals surface area (Å²) >= 11 is 0. The van der Waals surface area contributed by atoms with Crippen LogP contribution in [-0.4, -0.2) is 6.16 Å². The molecular weight excluding hydrogens is 316 g/mol. The number of hydrogen-bond donors (Lipinski definition) is 0. The fraction of sp³-hybridized carbons (Fsp3) is 0.0500. The van der Waals surface area contributed by atoms with Crippen molar-refractivity contribution in [2.24, 2.45) is 0 Å². The van der Waals surface area contributed by atoms with E-state index in [-0.39, 0.29) is 0 Å². The van der Waals surface area contributed by atoms with Crippen LogP contribution in [0.5, 0.6) is 0 Å². The molecule has 0 amide bonds. The molecule has 0 spiro atoms. The van der Waals surface area contributed by atoms with Crippen molar-refractivity contribution in [3.63, 3.8) is 0 Å². The number of nitrogens with zero attached hydrogens (tertiary/aromatic N) is 1. The van der Waals surface area contributed by atoms with E-state index >= 15 is 0 Å². The van der Waals surface area contributed by atoms with Crippen molar-refractivity contribution in [3.8, 4) is 6.07 Å². The summed E-state index contributed by atoms with van der Waals surface area (Å²) in [6.45, 7) is 0. The zero-order valence-corrected chi connectivity index (χ0v) is 14.9. The van der Waals surface area contributed by atoms with Gasteiger partial charge in [-0.1, -0.05) is 0 Å². The summed E-state index contributed by atoms with van der Waals surface area (Å²) in [5.41, 5.74) is 0. The van der Waals surface area contributed by atoms with Crippen LogP contribution in [0.3, 0.4) is 0 Å². The van der Waals surface area contributed by atoms with E-state index in [9.17, 15) is 5.26 Å². The first-order valence-electron chi connectivity index (χ1n) is 7.55. The van der Waals surface area contributed by atoms with E-state index < -0.39 is 6.29 Å². The SMILES string of the molecule is N#CCP(P)(c1ccccc1)(c1ccccc1)c1ccccc1. The number of benzene rings is 3. The third kappa shape index (κ3) is 2.49. The number of hydrogen-bond acceptors (Lipinski definition) is 1. The zero-order chi connectivity index (χ0) is 16.2. The molecule has 1 nitrogen and oxygen atoms in total. The van der Waals surface area contributed by atoms with Gasteiger partial charge in [0, 0.05) is 0 Å². The summed E-state index contributed by atoms with van der Waals surface area (Å²) in [6, 6.07) is 33.8. The maximum absolute atomic E-state index is 9.72. The molecule has 1 atom stereocenters. The predicted molar refractivity (Wildman–Crippen MR) is 105 cm³/mol. The van der Waals surface area contributed by atoms with Crippen LogP contribution in [0.1, 0.15) is 0 Å². The molecule has 0 fully saturated rings. The standard InChI is InChI=1S/C20H19NP2/c21-16-17-23(22,18-10-4-1-5-11-18,19-12-6-2-7-13-19)20-14-8-3-9-15-20/h1-15H,17,22H2. The Morgan fingerprint density at radius 2 is 0.957 bits per heavy atom. The first-order valence-corrected chi connectivity index (χ1v) is 11.6. The molecule has 3 rings (SSSR count). The van der Waals surface area contributed by atoms with Crippen LogP contribution in [0.25, 0.3) is 0 Å². The first kappa shape index (κ1) is 15.9. The normalized spacial score (nSPS) is 12.8. The summed E-state index contributed by atoms with van der Waals surface area (Å²) in [4.78, 5) is 0. The number of rotatable bonds is 4. The van der Waals surface area contributed by atoms with Crippen molar-refractivity contribution in [2.45, 2.75) is 0 Å². The Morgan fingerprint density at radius 3 is 1.22 bits per heavy atom. The van der Waals surface area contributed by atoms with Gasteiger partial charge in [0.05, 0.1) is 0 Å². The monoisotopic (exact) mass is 335 g/mol. The molecule has 0 aromatic heterocycles. The van der Waals surface area contributed by atoms with Crippen molar-refractivity contribution in [3.05, 3.63) is 91.0 Å². The Balaban J connectivity index is 2.44. The van der Waals surface area contributed by atoms with Crippen LogP contribution >= 0.6 is 15.2 Å². The Labute approximate surface area is 140 Å². The van der Waals surface area contributed by atoms with Crippen LogP contribution in [0.15, 0.2) is 91.0 Å². The van der Waals surface area contributed by atoms with E-state index in [0.29, 0.717) is 6.16 Å². The Morgan fingerprint density at radius 1 is 0.652 bits per heavy atom. The molecule has 0 heterocycles. The van der Waals surface area contributed by atoms with Crippen LogP contribution < -0.4 is 15.9 Å². The van der Waals surface area contributed by atoms with Gasteiger partial charge < -0.3 is 0 Å². The van der Waals surface area contributed by atoms with Gasteiger partial charge in [0.2, 0.25) is 0 Å². The summed E-state index contributed by atoms with van der Waals surface area (Å²) in [7, 11) is 3.15. The van der Waals surface area contributed by atoms with Crippen LogP contribution in [0.4, 0.5) is 0 Å². The third-order valence-corrected chi connectivity index (χ3v) is 12.9. The summed E-state index contributed by atoms with van der Waals surface area (Å²) in [6.07, 6.45) is -2.41. The summed E-state index contributed by atoms with van der Waals surface area (Å²) < 4.78 is 0. The average molecular weight is 335 g/mol. The summed E-state index contributed by atoms with van der Waals surface area (Å²) in [5.74, 6) is 0. The van der Waals surface area contributed by atoms with Crippen molar-refractivity contribution < 1.29 is 0 Å². The first-order chi connectivity index (χ1) is 11.2. The minimum absolute atomic E-state index is 0.467. The van der Waals surface area contributed by atoms with Crippen LogP contribution in [-0.2, 0) is 0 Å². The molecule has 0 saturated carbocycles. The average Bonchev–Trinajstić information content (AvgIpc) is 2.64. The fourth-order valence-electron chi connectivity index (χ4n) is 3.17. The van der Waals surface area contributed by atoms with Gasteiger partial charge in [-0.05, 0) is 0 Å². The van der Waals surface area contributed by atoms with Gasteiger partial charge in [-0.2, -0.15) is 0 Å². The molecule has 0 N–H and O–H groups in total. The second-order valence-corrected chi connectivity index (χ2v) is 13.7. The van der Waals surface area contributed by atoms with Gasteiger partial charge in [-0.25, -0.2) is 0 Å². The molecule has 1 unspecified atom stereocenters. The molecule has 0 saturated heterocycles. The van der Waals surface area contributed by atoms with Gasteiger partial charge in [-0.15, -0.1) is 0 Å². The van der Waals surface area contributed by atoms with Gasteiger partial charge >= 0.3 is 140 Å². The van der Waals surface area contributed by atoms with Crippen molar-refractivity contribution >= 4 is 31.1 Å². The molecule has 3 heteroatoms. The molecule has 114 valence electrons. The van der Waals surface area contributed by atoms with Crippen LogP contribution in [0, 0.1) is 11.3 Å². The zero-order valence-electron chi connectivity index (χ0n) is 12.8. The van der Waals surface area contributed by atoms with E-state index in [1.165, 1.54) is 15.9 Å². The minimum atomic E-state index is -2.87. The van der Waals surface area contributed by atoms with E-state index in [4.69, 9.17) is 0 Å². The Kier molecular flexibility index (Phi) is 4.32. The number of nitriles is 1. The molecular formula is C20H19NP2. The van der Waals surface area contributed by atoms with E-state index in [1.54, 1.807) is 0 Å². The molecule has 0 aliphatic carbocycles. The van der Waals surface area contributed by atoms with E-state index in [0.717, 1.165) is 0 Å². The quantitative estimate of drug-likeness (QED) is 0.665. The Hall–Kier alpha value is -1.99. The molecule has 0 bridgehead atoms. The van der Waals surface area contributed by atoms with Crippen LogP contribution in [0.2, 0.25) is 0 Å². The molecule has 3 aromatic rings. The van der Waals surface area contributed by atoms with Crippen molar-refractivity contribution in [1.82, 2.24) is 0 Å². The second kappa shape index (κ2) is 6.25. The van der Waals surface area contributed by atoms with Gasteiger partial charge in [-0.3, -0.25) is 0 Å². The summed E-state index contributed by atoms with van der Waals surface area (Å²) in [5, 5.41) is 13.4. The predicted octanol–water partition coefficient (Wildman–Crippen LogP) is 3.83. The van der Waals surface area contributed by atoms with Gasteiger partial charge in [0.1, 0.15) is 0 Å². The van der Waals surface area contributed by atoms with Gasteiger partial charge in [0.15, 0.2) is 0 Å². The van der Waals surface area contributed by atoms with Crippen molar-refractivity contribution in [1.29, 1.82) is 5.26 Å². The van der Waals surface area contributed by atoms with E-state index in [2.05, 4.69) is 87.8 Å². The van der Waals surface area contributed by atoms with Gasteiger partial charge in [0.25, 0.3) is 0 Å². The second-order valence-electron chi connectivity index (χ2n) is 5.70. The molecule has 0 aliphatic heterocycles. The third-order valence-electron chi connectivity index (χ3n) is 4.44. The molecule has 0 radical (unpaired) electrons. The fourth-order valence-corrected chi connectivity index (χ4v) is 9.26. The Bertz CT molecular complexity index is 724. The van der Waals surface area contributed by atoms with E-state index in [1.807, 2.05) is 18.2 Å². The molecule has 23 heavy (non-hydrogen) atoms. The maximum atomic E-state index is 9.72. The molecule has 3 aromatic carbocycles. The molecule has 0 aliphatic rings. The van der Waals surface area contributed by atoms with Crippen molar-refractivity contribution in [2.75, 3.05) is 6.16 Å².